The maximum absolute atomic E-state index is 5.35. The maximum atomic E-state index is 5.35. The fraction of sp³-hybridized carbons (Fsp3) is 0. The Bertz CT molecular complexity index is 5300. The standard InChI is InChI=1S/C87H58N4/c1-3-20-59(21-4-1)63-24-11-27-66(50-63)69-30-14-32-71(53-69)68-29-13-26-65(52-68)61-46-48-62(49-47-61)85-88-86(90-87(89-85)79-40-18-37-76(57-79)77-38-19-41-80(58-77)91-83-44-9-7-42-81(83)82-43-8-10-45-84(82)91)78-39-17-36-75(56-78)74-35-16-34-73(55-74)72-33-15-31-70(54-72)67-28-12-25-64(51-67)60-22-5-2-6-23-60/h1-58H. The van der Waals surface area contributed by atoms with Gasteiger partial charge in [-0.15, -0.1) is 0 Å². The fourth-order valence-electron chi connectivity index (χ4n) is 12.8. The predicted molar refractivity (Wildman–Crippen MR) is 379 cm³/mol. The normalized spacial score (nSPS) is 11.3. The summed E-state index contributed by atoms with van der Waals surface area (Å²) in [6.07, 6.45) is 0. The molecule has 16 aromatic rings. The van der Waals surface area contributed by atoms with E-state index in [9.17, 15) is 0 Å². The molecule has 0 radical (unpaired) electrons. The zero-order chi connectivity index (χ0) is 60.5. The lowest BCUT2D eigenvalue weighted by Gasteiger charge is -2.13. The van der Waals surface area contributed by atoms with E-state index < -0.39 is 0 Å². The molecule has 4 heteroatoms. The van der Waals surface area contributed by atoms with Crippen LogP contribution in [0.1, 0.15) is 0 Å². The van der Waals surface area contributed by atoms with Gasteiger partial charge in [0, 0.05) is 33.2 Å². The first-order chi connectivity index (χ1) is 45.0. The first-order valence-corrected chi connectivity index (χ1v) is 31.0. The zero-order valence-electron chi connectivity index (χ0n) is 49.8. The minimum Gasteiger partial charge on any atom is -0.309 e. The van der Waals surface area contributed by atoms with Crippen molar-refractivity contribution in [1.82, 2.24) is 19.5 Å². The van der Waals surface area contributed by atoms with Crippen LogP contribution in [-0.2, 0) is 0 Å². The fourth-order valence-corrected chi connectivity index (χ4v) is 12.8. The molecular weight excluding hydrogens is 1100 g/mol. The van der Waals surface area contributed by atoms with E-state index in [1.54, 1.807) is 0 Å². The number of hydrogen-bond acceptors (Lipinski definition) is 3. The second-order valence-corrected chi connectivity index (χ2v) is 23.2. The molecule has 0 atom stereocenters. The number of para-hydroxylation sites is 2. The SMILES string of the molecule is c1ccc(-c2cccc(-c3cccc(-c4cccc(-c5ccc(-c6nc(-c7cccc(-c8cccc(-c9cccc(-c%10cccc(-c%11ccccc%11)c%10)c9)c8)c7)nc(-c7cccc(-c8cccc(-n9c%10ccccc%10c%10ccccc%109)c8)c7)n6)cc5)c4)c3)c2)cc1. The number of hydrogen-bond donors (Lipinski definition) is 0. The Morgan fingerprint density at radius 2 is 0.374 bits per heavy atom. The second-order valence-electron chi connectivity index (χ2n) is 23.2. The van der Waals surface area contributed by atoms with Crippen molar-refractivity contribution in [1.29, 1.82) is 0 Å². The van der Waals surface area contributed by atoms with Gasteiger partial charge in [0.2, 0.25) is 0 Å². The van der Waals surface area contributed by atoms with Gasteiger partial charge in [-0.25, -0.2) is 15.0 Å². The van der Waals surface area contributed by atoms with Crippen LogP contribution in [-0.4, -0.2) is 19.5 Å². The number of fused-ring (bicyclic) bond motifs is 3. The van der Waals surface area contributed by atoms with Crippen molar-refractivity contribution in [3.63, 3.8) is 0 Å². The number of rotatable bonds is 13. The Morgan fingerprint density at radius 3 is 0.714 bits per heavy atom. The third kappa shape index (κ3) is 11.0. The van der Waals surface area contributed by atoms with E-state index in [4.69, 9.17) is 15.0 Å². The van der Waals surface area contributed by atoms with Crippen LogP contribution < -0.4 is 0 Å². The van der Waals surface area contributed by atoms with Crippen LogP contribution in [0.4, 0.5) is 0 Å². The van der Waals surface area contributed by atoms with Gasteiger partial charge >= 0.3 is 0 Å². The summed E-state index contributed by atoms with van der Waals surface area (Å²) in [5.41, 5.74) is 26.8. The van der Waals surface area contributed by atoms with Crippen LogP contribution in [0.2, 0.25) is 0 Å². The Hall–Kier alpha value is -12.1. The molecule has 2 aromatic heterocycles. The number of aromatic nitrogens is 4. The predicted octanol–water partition coefficient (Wildman–Crippen LogP) is 23.0. The Morgan fingerprint density at radius 1 is 0.154 bits per heavy atom. The summed E-state index contributed by atoms with van der Waals surface area (Å²) in [5.74, 6) is 1.77. The molecule has 0 bridgehead atoms. The van der Waals surface area contributed by atoms with Crippen LogP contribution in [0.25, 0.3) is 162 Å². The van der Waals surface area contributed by atoms with Gasteiger partial charge in [0.15, 0.2) is 17.5 Å². The summed E-state index contributed by atoms with van der Waals surface area (Å²) in [7, 11) is 0. The summed E-state index contributed by atoms with van der Waals surface area (Å²) >= 11 is 0. The number of benzene rings is 14. The van der Waals surface area contributed by atoms with E-state index >= 15 is 0 Å². The summed E-state index contributed by atoms with van der Waals surface area (Å²) in [6, 6.07) is 126. The number of nitrogens with zero attached hydrogens (tertiary/aromatic N) is 4. The molecular formula is C87H58N4. The molecule has 0 aliphatic rings. The largest absolute Gasteiger partial charge is 0.309 e. The van der Waals surface area contributed by atoms with Crippen molar-refractivity contribution >= 4 is 21.8 Å². The molecule has 91 heavy (non-hydrogen) atoms. The first kappa shape index (κ1) is 54.3. The smallest absolute Gasteiger partial charge is 0.164 e. The molecule has 0 saturated carbocycles. The summed E-state index contributed by atoms with van der Waals surface area (Å²) < 4.78 is 2.37. The molecule has 0 unspecified atom stereocenters. The maximum Gasteiger partial charge on any atom is 0.164 e. The van der Waals surface area contributed by atoms with Crippen molar-refractivity contribution in [2.75, 3.05) is 0 Å². The van der Waals surface area contributed by atoms with Crippen molar-refractivity contribution in [2.45, 2.75) is 0 Å². The summed E-state index contributed by atoms with van der Waals surface area (Å²) in [6.45, 7) is 0. The van der Waals surface area contributed by atoms with Gasteiger partial charge < -0.3 is 4.57 Å². The van der Waals surface area contributed by atoms with Crippen molar-refractivity contribution in [2.24, 2.45) is 0 Å². The lowest BCUT2D eigenvalue weighted by atomic mass is 9.94. The van der Waals surface area contributed by atoms with E-state index in [0.29, 0.717) is 17.5 Å². The minimum atomic E-state index is 0.591. The Kier molecular flexibility index (Phi) is 14.2. The zero-order valence-corrected chi connectivity index (χ0v) is 49.8. The van der Waals surface area contributed by atoms with Gasteiger partial charge in [-0.3, -0.25) is 0 Å². The summed E-state index contributed by atoms with van der Waals surface area (Å²) in [5, 5.41) is 2.47. The molecule has 0 amide bonds. The molecule has 0 fully saturated rings. The molecule has 426 valence electrons. The third-order valence-corrected chi connectivity index (χ3v) is 17.4. The molecule has 4 nitrogen and oxygen atoms in total. The lowest BCUT2D eigenvalue weighted by Crippen LogP contribution is -2.00. The molecule has 0 saturated heterocycles. The van der Waals surface area contributed by atoms with Gasteiger partial charge in [-0.2, -0.15) is 0 Å². The Labute approximate surface area is 530 Å². The van der Waals surface area contributed by atoms with E-state index in [0.717, 1.165) is 78.0 Å². The van der Waals surface area contributed by atoms with Gasteiger partial charge in [0.25, 0.3) is 0 Å². The molecule has 16 rings (SSSR count). The topological polar surface area (TPSA) is 43.6 Å². The third-order valence-electron chi connectivity index (χ3n) is 17.4. The van der Waals surface area contributed by atoms with Crippen LogP contribution >= 0.6 is 0 Å². The highest BCUT2D eigenvalue weighted by molar-refractivity contribution is 6.09. The van der Waals surface area contributed by atoms with Gasteiger partial charge in [-0.1, -0.05) is 279 Å². The van der Waals surface area contributed by atoms with Crippen molar-refractivity contribution in [3.8, 4) is 140 Å². The van der Waals surface area contributed by atoms with Gasteiger partial charge in [0.05, 0.1) is 11.0 Å². The highest BCUT2D eigenvalue weighted by Crippen LogP contribution is 2.38. The van der Waals surface area contributed by atoms with Crippen LogP contribution in [0.5, 0.6) is 0 Å². The molecule has 0 spiro atoms. The molecule has 0 aliphatic carbocycles. The molecule has 0 N–H and O–H groups in total. The second kappa shape index (κ2) is 23.9. The van der Waals surface area contributed by atoms with Crippen LogP contribution in [0, 0.1) is 0 Å². The van der Waals surface area contributed by atoms with E-state index in [1.807, 2.05) is 0 Å². The summed E-state index contributed by atoms with van der Waals surface area (Å²) in [4.78, 5) is 16.0. The van der Waals surface area contributed by atoms with Crippen LogP contribution in [0.15, 0.2) is 352 Å². The average molecular weight is 1160 g/mol. The van der Waals surface area contributed by atoms with E-state index in [-0.39, 0.29) is 0 Å². The van der Waals surface area contributed by atoms with Gasteiger partial charge in [0.1, 0.15) is 0 Å². The van der Waals surface area contributed by atoms with Gasteiger partial charge in [-0.05, 0) is 173 Å². The average Bonchev–Trinajstić information content (AvgIpc) is 1.67. The molecule has 2 heterocycles. The Balaban J connectivity index is 0.743. The van der Waals surface area contributed by atoms with E-state index in [2.05, 4.69) is 356 Å². The van der Waals surface area contributed by atoms with Crippen LogP contribution in [0.3, 0.4) is 0 Å². The molecule has 0 aliphatic heterocycles. The van der Waals surface area contributed by atoms with E-state index in [1.165, 1.54) is 66.3 Å². The first-order valence-electron chi connectivity index (χ1n) is 31.0. The quantitative estimate of drug-likeness (QED) is 0.116. The highest BCUT2D eigenvalue weighted by atomic mass is 15.0. The molecule has 14 aromatic carbocycles. The monoisotopic (exact) mass is 1160 g/mol. The minimum absolute atomic E-state index is 0.591. The highest BCUT2D eigenvalue weighted by Gasteiger charge is 2.18. The van der Waals surface area contributed by atoms with Crippen molar-refractivity contribution in [3.05, 3.63) is 352 Å². The lowest BCUT2D eigenvalue weighted by molar-refractivity contribution is 1.07. The van der Waals surface area contributed by atoms with Crippen molar-refractivity contribution < 1.29 is 0 Å².